The van der Waals surface area contributed by atoms with E-state index in [0.717, 1.165) is 12.1 Å². The molecule has 0 saturated carbocycles. The van der Waals surface area contributed by atoms with Crippen molar-refractivity contribution in [2.45, 2.75) is 26.4 Å². The summed E-state index contributed by atoms with van der Waals surface area (Å²) in [6.45, 7) is 5.13. The van der Waals surface area contributed by atoms with Gasteiger partial charge in [0.1, 0.15) is 17.2 Å². The van der Waals surface area contributed by atoms with Crippen LogP contribution in [-0.4, -0.2) is 17.6 Å². The molecule has 2 amide bonds. The molecule has 0 bridgehead atoms. The fraction of sp³-hybridized carbons (Fsp3) is 0.222. The summed E-state index contributed by atoms with van der Waals surface area (Å²) < 4.78 is 32.2. The quantitative estimate of drug-likeness (QED) is 0.854. The molecule has 0 heterocycles. The van der Waals surface area contributed by atoms with Crippen LogP contribution in [0.25, 0.3) is 0 Å². The third-order valence-electron chi connectivity index (χ3n) is 2.95. The molecule has 0 spiro atoms. The summed E-state index contributed by atoms with van der Waals surface area (Å²) >= 11 is 0. The minimum Gasteiger partial charge on any atom is -0.444 e. The Kier molecular flexibility index (Phi) is 5.36. The van der Waals surface area contributed by atoms with Gasteiger partial charge in [0.15, 0.2) is 0 Å². The van der Waals surface area contributed by atoms with Crippen LogP contribution in [0.4, 0.5) is 25.0 Å². The summed E-state index contributed by atoms with van der Waals surface area (Å²) in [6, 6.07) is 8.68. The molecule has 5 nitrogen and oxygen atoms in total. The number of benzene rings is 2. The minimum atomic E-state index is -0.707. The van der Waals surface area contributed by atoms with Gasteiger partial charge in [-0.15, -0.1) is 0 Å². The van der Waals surface area contributed by atoms with Gasteiger partial charge in [0.25, 0.3) is 5.91 Å². The zero-order valence-corrected chi connectivity index (χ0v) is 14.0. The predicted molar refractivity (Wildman–Crippen MR) is 90.6 cm³/mol. The van der Waals surface area contributed by atoms with E-state index < -0.39 is 29.2 Å². The third kappa shape index (κ3) is 5.56. The molecule has 0 aromatic heterocycles. The fourth-order valence-corrected chi connectivity index (χ4v) is 1.94. The van der Waals surface area contributed by atoms with Crippen molar-refractivity contribution in [2.75, 3.05) is 10.6 Å². The fourth-order valence-electron chi connectivity index (χ4n) is 1.94. The van der Waals surface area contributed by atoms with E-state index in [2.05, 4.69) is 10.6 Å². The second-order valence-electron chi connectivity index (χ2n) is 6.29. The van der Waals surface area contributed by atoms with Crippen molar-refractivity contribution in [1.82, 2.24) is 0 Å². The normalized spacial score (nSPS) is 10.9. The summed E-state index contributed by atoms with van der Waals surface area (Å²) in [7, 11) is 0. The summed E-state index contributed by atoms with van der Waals surface area (Å²) in [6.07, 6.45) is -0.707. The van der Waals surface area contributed by atoms with Crippen molar-refractivity contribution in [3.63, 3.8) is 0 Å². The number of rotatable bonds is 3. The van der Waals surface area contributed by atoms with Crippen LogP contribution in [0.1, 0.15) is 31.1 Å². The van der Waals surface area contributed by atoms with Gasteiger partial charge in [-0.05, 0) is 57.2 Å². The van der Waals surface area contributed by atoms with Crippen LogP contribution in [0.2, 0.25) is 0 Å². The highest BCUT2D eigenvalue weighted by Crippen LogP contribution is 2.21. The zero-order chi connectivity index (χ0) is 18.6. The van der Waals surface area contributed by atoms with Crippen molar-refractivity contribution < 1.29 is 23.1 Å². The Morgan fingerprint density at radius 2 is 1.72 bits per heavy atom. The summed E-state index contributed by atoms with van der Waals surface area (Å²) in [4.78, 5) is 23.8. The second-order valence-corrected chi connectivity index (χ2v) is 6.29. The number of nitrogens with one attached hydrogen (secondary N) is 2. The van der Waals surface area contributed by atoms with E-state index in [4.69, 9.17) is 4.74 Å². The standard InChI is InChI=1S/C18H18F2N2O3/c1-18(2,3)25-17(24)21-13-7-8-14(20)15(10-13)22-16(23)11-5-4-6-12(19)9-11/h4-10H,1-3H3,(H,21,24)(H,22,23). The number of anilines is 2. The van der Waals surface area contributed by atoms with Gasteiger partial charge in [-0.2, -0.15) is 0 Å². The lowest BCUT2D eigenvalue weighted by Gasteiger charge is -2.19. The number of ether oxygens (including phenoxy) is 1. The van der Waals surface area contributed by atoms with Crippen LogP contribution in [0.3, 0.4) is 0 Å². The molecule has 0 radical (unpaired) electrons. The molecule has 2 aromatic rings. The Morgan fingerprint density at radius 1 is 1.00 bits per heavy atom. The topological polar surface area (TPSA) is 67.4 Å². The highest BCUT2D eigenvalue weighted by atomic mass is 19.1. The van der Waals surface area contributed by atoms with Gasteiger partial charge in [-0.3, -0.25) is 10.1 Å². The highest BCUT2D eigenvalue weighted by molar-refractivity contribution is 6.04. The van der Waals surface area contributed by atoms with Crippen LogP contribution in [0.5, 0.6) is 0 Å². The van der Waals surface area contributed by atoms with Crippen molar-refractivity contribution in [3.05, 3.63) is 59.7 Å². The van der Waals surface area contributed by atoms with E-state index in [0.29, 0.717) is 0 Å². The Hall–Kier alpha value is -2.96. The lowest BCUT2D eigenvalue weighted by atomic mass is 10.2. The molecule has 2 rings (SSSR count). The second kappa shape index (κ2) is 7.29. The Bertz CT molecular complexity index is 801. The van der Waals surface area contributed by atoms with E-state index in [1.165, 1.54) is 30.3 Å². The number of amides is 2. The predicted octanol–water partition coefficient (Wildman–Crippen LogP) is 4.56. The van der Waals surface area contributed by atoms with Crippen LogP contribution >= 0.6 is 0 Å². The average molecular weight is 348 g/mol. The Balaban J connectivity index is 2.13. The van der Waals surface area contributed by atoms with Gasteiger partial charge in [0.05, 0.1) is 5.69 Å². The molecule has 0 aliphatic rings. The van der Waals surface area contributed by atoms with Crippen molar-refractivity contribution >= 4 is 23.4 Å². The van der Waals surface area contributed by atoms with Crippen molar-refractivity contribution in [2.24, 2.45) is 0 Å². The van der Waals surface area contributed by atoms with Gasteiger partial charge >= 0.3 is 6.09 Å². The number of carbonyl (C=O) groups is 2. The molecular weight excluding hydrogens is 330 g/mol. The van der Waals surface area contributed by atoms with Crippen molar-refractivity contribution in [3.8, 4) is 0 Å². The molecule has 0 atom stereocenters. The van der Waals surface area contributed by atoms with Gasteiger partial charge in [0, 0.05) is 11.3 Å². The van der Waals surface area contributed by atoms with Gasteiger partial charge in [0.2, 0.25) is 0 Å². The van der Waals surface area contributed by atoms with E-state index in [-0.39, 0.29) is 16.9 Å². The first kappa shape index (κ1) is 18.4. The molecule has 25 heavy (non-hydrogen) atoms. The number of hydrogen-bond donors (Lipinski definition) is 2. The maximum Gasteiger partial charge on any atom is 0.412 e. The number of carbonyl (C=O) groups excluding carboxylic acids is 2. The molecule has 0 aliphatic carbocycles. The molecule has 7 heteroatoms. The minimum absolute atomic E-state index is 0.0462. The average Bonchev–Trinajstić information content (AvgIpc) is 2.48. The summed E-state index contributed by atoms with van der Waals surface area (Å²) in [5.74, 6) is -1.94. The first-order valence-electron chi connectivity index (χ1n) is 7.50. The maximum atomic E-state index is 13.9. The molecule has 132 valence electrons. The van der Waals surface area contributed by atoms with Crippen LogP contribution < -0.4 is 10.6 Å². The molecule has 0 fully saturated rings. The van der Waals surface area contributed by atoms with E-state index in [1.807, 2.05) is 0 Å². The van der Waals surface area contributed by atoms with E-state index in [1.54, 1.807) is 20.8 Å². The molecule has 2 aromatic carbocycles. The first-order chi connectivity index (χ1) is 11.6. The first-order valence-corrected chi connectivity index (χ1v) is 7.50. The SMILES string of the molecule is CC(C)(C)OC(=O)Nc1ccc(F)c(NC(=O)c2cccc(F)c2)c1. The van der Waals surface area contributed by atoms with Gasteiger partial charge in [-0.1, -0.05) is 6.07 Å². The molecule has 2 N–H and O–H groups in total. The van der Waals surface area contributed by atoms with Crippen LogP contribution in [0, 0.1) is 11.6 Å². The maximum absolute atomic E-state index is 13.9. The van der Waals surface area contributed by atoms with E-state index in [9.17, 15) is 18.4 Å². The third-order valence-corrected chi connectivity index (χ3v) is 2.95. The summed E-state index contributed by atoms with van der Waals surface area (Å²) in [5, 5.41) is 4.79. The monoisotopic (exact) mass is 348 g/mol. The number of halogens is 2. The van der Waals surface area contributed by atoms with Crippen molar-refractivity contribution in [1.29, 1.82) is 0 Å². The lowest BCUT2D eigenvalue weighted by Crippen LogP contribution is -2.27. The van der Waals surface area contributed by atoms with Crippen LogP contribution in [0.15, 0.2) is 42.5 Å². The van der Waals surface area contributed by atoms with Crippen LogP contribution in [-0.2, 0) is 4.74 Å². The van der Waals surface area contributed by atoms with E-state index >= 15 is 0 Å². The Labute approximate surface area is 144 Å². The summed E-state index contributed by atoms with van der Waals surface area (Å²) in [5.41, 5.74) is -0.545. The zero-order valence-electron chi connectivity index (χ0n) is 14.0. The lowest BCUT2D eigenvalue weighted by molar-refractivity contribution is 0.0635. The van der Waals surface area contributed by atoms with Gasteiger partial charge < -0.3 is 10.1 Å². The smallest absolute Gasteiger partial charge is 0.412 e. The molecule has 0 saturated heterocycles. The van der Waals surface area contributed by atoms with Gasteiger partial charge in [-0.25, -0.2) is 13.6 Å². The molecular formula is C18H18F2N2O3. The molecule has 0 aliphatic heterocycles. The number of hydrogen-bond acceptors (Lipinski definition) is 3. The Morgan fingerprint density at radius 3 is 2.36 bits per heavy atom. The largest absolute Gasteiger partial charge is 0.444 e. The molecule has 0 unspecified atom stereocenters. The highest BCUT2D eigenvalue weighted by Gasteiger charge is 2.17.